The van der Waals surface area contributed by atoms with E-state index < -0.39 is 0 Å². The molecule has 0 saturated carbocycles. The Morgan fingerprint density at radius 3 is 1.83 bits per heavy atom. The predicted molar refractivity (Wildman–Crippen MR) is 122 cm³/mol. The van der Waals surface area contributed by atoms with Gasteiger partial charge in [0.05, 0.1) is 11.4 Å². The third-order valence-electron chi connectivity index (χ3n) is 4.87. The molecule has 0 aliphatic heterocycles. The molecule has 0 fully saturated rings. The van der Waals surface area contributed by atoms with Gasteiger partial charge in [-0.25, -0.2) is 9.97 Å². The van der Waals surface area contributed by atoms with Crippen molar-refractivity contribution in [2.75, 3.05) is 0 Å². The molecule has 2 nitrogen and oxygen atoms in total. The monoisotopic (exact) mass is 374 g/mol. The third kappa shape index (κ3) is 4.07. The van der Waals surface area contributed by atoms with Crippen molar-refractivity contribution in [1.82, 2.24) is 9.97 Å². The molecule has 3 aromatic carbocycles. The highest BCUT2D eigenvalue weighted by molar-refractivity contribution is 5.76. The molecule has 1 aromatic heterocycles. The molecule has 140 valence electrons. The Bertz CT molecular complexity index is 1140. The van der Waals surface area contributed by atoms with Crippen molar-refractivity contribution in [1.29, 1.82) is 0 Å². The molecule has 0 amide bonds. The van der Waals surface area contributed by atoms with Gasteiger partial charge in [-0.15, -0.1) is 0 Å². The zero-order valence-corrected chi connectivity index (χ0v) is 16.4. The Hall–Kier alpha value is -3.78. The SMILES string of the molecule is C=C/C(=C\C)c1cc(-c2ccc(-c3ccccc3)cc2)nc(-c2ccccc2)n1. The average Bonchev–Trinajstić information content (AvgIpc) is 2.81. The number of rotatable bonds is 5. The highest BCUT2D eigenvalue weighted by Crippen LogP contribution is 2.28. The summed E-state index contributed by atoms with van der Waals surface area (Å²) in [5, 5.41) is 0. The van der Waals surface area contributed by atoms with E-state index in [9.17, 15) is 0 Å². The van der Waals surface area contributed by atoms with Crippen molar-refractivity contribution in [3.8, 4) is 33.8 Å². The molecule has 0 saturated heterocycles. The Labute approximate surface area is 171 Å². The van der Waals surface area contributed by atoms with Crippen molar-refractivity contribution in [3.63, 3.8) is 0 Å². The number of benzene rings is 3. The normalized spacial score (nSPS) is 11.3. The molecular formula is C27H22N2. The van der Waals surface area contributed by atoms with Crippen molar-refractivity contribution in [2.24, 2.45) is 0 Å². The standard InChI is InChI=1S/C27H22N2/c1-3-20(4-2)25-19-26(29-27(28-25)24-13-9-6-10-14-24)23-17-15-22(16-18-23)21-11-7-5-8-12-21/h3-19H,1H2,2H3/b20-4+. The predicted octanol–water partition coefficient (Wildman–Crippen LogP) is 7.07. The first-order valence-electron chi connectivity index (χ1n) is 9.68. The van der Waals surface area contributed by atoms with E-state index >= 15 is 0 Å². The molecule has 29 heavy (non-hydrogen) atoms. The van der Waals surface area contributed by atoms with E-state index in [-0.39, 0.29) is 0 Å². The van der Waals surface area contributed by atoms with E-state index in [1.807, 2.05) is 61.5 Å². The summed E-state index contributed by atoms with van der Waals surface area (Å²) in [5.74, 6) is 0.714. The first-order chi connectivity index (χ1) is 14.3. The minimum atomic E-state index is 0.714. The summed E-state index contributed by atoms with van der Waals surface area (Å²) in [4.78, 5) is 9.64. The quantitative estimate of drug-likeness (QED) is 0.349. The second-order valence-electron chi connectivity index (χ2n) is 6.72. The summed E-state index contributed by atoms with van der Waals surface area (Å²) in [7, 11) is 0. The number of hydrogen-bond acceptors (Lipinski definition) is 2. The Morgan fingerprint density at radius 2 is 1.24 bits per heavy atom. The molecule has 0 spiro atoms. The van der Waals surface area contributed by atoms with Gasteiger partial charge in [0.2, 0.25) is 0 Å². The van der Waals surface area contributed by atoms with Crippen LogP contribution in [-0.2, 0) is 0 Å². The highest BCUT2D eigenvalue weighted by Gasteiger charge is 2.10. The maximum absolute atomic E-state index is 4.85. The van der Waals surface area contributed by atoms with Crippen LogP contribution in [0.4, 0.5) is 0 Å². The molecule has 0 atom stereocenters. The maximum atomic E-state index is 4.85. The fraction of sp³-hybridized carbons (Fsp3) is 0.0370. The summed E-state index contributed by atoms with van der Waals surface area (Å²) in [6, 6.07) is 31.0. The third-order valence-corrected chi connectivity index (χ3v) is 4.87. The molecule has 0 bridgehead atoms. The first kappa shape index (κ1) is 18.6. The van der Waals surface area contributed by atoms with Crippen molar-refractivity contribution in [2.45, 2.75) is 6.92 Å². The molecule has 2 heteroatoms. The molecule has 4 rings (SSSR count). The summed E-state index contributed by atoms with van der Waals surface area (Å²) in [5.41, 5.74) is 7.21. The number of nitrogens with zero attached hydrogens (tertiary/aromatic N) is 2. The first-order valence-corrected chi connectivity index (χ1v) is 9.68. The lowest BCUT2D eigenvalue weighted by Crippen LogP contribution is -1.97. The lowest BCUT2D eigenvalue weighted by Gasteiger charge is -2.10. The Morgan fingerprint density at radius 1 is 0.690 bits per heavy atom. The lowest BCUT2D eigenvalue weighted by atomic mass is 10.0. The molecule has 0 N–H and O–H groups in total. The van der Waals surface area contributed by atoms with Crippen LogP contribution in [0.1, 0.15) is 12.6 Å². The maximum Gasteiger partial charge on any atom is 0.160 e. The second-order valence-corrected chi connectivity index (χ2v) is 6.72. The van der Waals surface area contributed by atoms with Gasteiger partial charge in [0.1, 0.15) is 0 Å². The molecule has 4 aromatic rings. The smallest absolute Gasteiger partial charge is 0.160 e. The van der Waals surface area contributed by atoms with Gasteiger partial charge in [-0.1, -0.05) is 104 Å². The second kappa shape index (κ2) is 8.49. The lowest BCUT2D eigenvalue weighted by molar-refractivity contribution is 1.16. The molecule has 0 aliphatic carbocycles. The van der Waals surface area contributed by atoms with Crippen LogP contribution in [0.3, 0.4) is 0 Å². The van der Waals surface area contributed by atoms with Crippen molar-refractivity contribution >= 4 is 5.57 Å². The van der Waals surface area contributed by atoms with Gasteiger partial charge >= 0.3 is 0 Å². The van der Waals surface area contributed by atoms with Gasteiger partial charge < -0.3 is 0 Å². The summed E-state index contributed by atoms with van der Waals surface area (Å²) in [6.07, 6.45) is 3.85. The fourth-order valence-electron chi connectivity index (χ4n) is 3.29. The Kier molecular flexibility index (Phi) is 5.44. The Balaban J connectivity index is 1.80. The summed E-state index contributed by atoms with van der Waals surface area (Å²) < 4.78 is 0. The fourth-order valence-corrected chi connectivity index (χ4v) is 3.29. The zero-order valence-electron chi connectivity index (χ0n) is 16.4. The van der Waals surface area contributed by atoms with Crippen LogP contribution in [0, 0.1) is 0 Å². The van der Waals surface area contributed by atoms with Gasteiger partial charge in [0.15, 0.2) is 5.82 Å². The van der Waals surface area contributed by atoms with Crippen LogP contribution in [0.15, 0.2) is 110 Å². The molecule has 0 radical (unpaired) electrons. The van der Waals surface area contributed by atoms with E-state index in [2.05, 4.69) is 55.1 Å². The number of allylic oxidation sites excluding steroid dienone is 3. The largest absolute Gasteiger partial charge is 0.228 e. The van der Waals surface area contributed by atoms with E-state index in [1.54, 1.807) is 0 Å². The molecular weight excluding hydrogens is 352 g/mol. The van der Waals surface area contributed by atoms with Gasteiger partial charge in [-0.05, 0) is 29.7 Å². The number of aromatic nitrogens is 2. The molecule has 0 unspecified atom stereocenters. The van der Waals surface area contributed by atoms with Crippen LogP contribution >= 0.6 is 0 Å². The average molecular weight is 374 g/mol. The topological polar surface area (TPSA) is 25.8 Å². The van der Waals surface area contributed by atoms with E-state index in [4.69, 9.17) is 9.97 Å². The van der Waals surface area contributed by atoms with Crippen molar-refractivity contribution < 1.29 is 0 Å². The van der Waals surface area contributed by atoms with Gasteiger partial charge in [0.25, 0.3) is 0 Å². The van der Waals surface area contributed by atoms with Crippen LogP contribution in [-0.4, -0.2) is 9.97 Å². The summed E-state index contributed by atoms with van der Waals surface area (Å²) in [6.45, 7) is 5.93. The minimum absolute atomic E-state index is 0.714. The van der Waals surface area contributed by atoms with Crippen molar-refractivity contribution in [3.05, 3.63) is 115 Å². The van der Waals surface area contributed by atoms with E-state index in [0.717, 1.165) is 28.1 Å². The molecule has 0 aliphatic rings. The molecule has 1 heterocycles. The zero-order chi connectivity index (χ0) is 20.1. The van der Waals surface area contributed by atoms with Gasteiger partial charge in [-0.3, -0.25) is 0 Å². The minimum Gasteiger partial charge on any atom is -0.228 e. The summed E-state index contributed by atoms with van der Waals surface area (Å²) >= 11 is 0. The van der Waals surface area contributed by atoms with Crippen LogP contribution in [0.5, 0.6) is 0 Å². The van der Waals surface area contributed by atoms with Gasteiger partial charge in [0, 0.05) is 11.1 Å². The number of hydrogen-bond donors (Lipinski definition) is 0. The highest BCUT2D eigenvalue weighted by atomic mass is 14.9. The van der Waals surface area contributed by atoms with E-state index in [0.29, 0.717) is 5.82 Å². The van der Waals surface area contributed by atoms with Crippen LogP contribution in [0.25, 0.3) is 39.3 Å². The van der Waals surface area contributed by atoms with Crippen LogP contribution in [0.2, 0.25) is 0 Å². The van der Waals surface area contributed by atoms with E-state index in [1.165, 1.54) is 11.1 Å². The van der Waals surface area contributed by atoms with Gasteiger partial charge in [-0.2, -0.15) is 0 Å². The van der Waals surface area contributed by atoms with Crippen LogP contribution < -0.4 is 0 Å².